The van der Waals surface area contributed by atoms with Gasteiger partial charge in [0, 0.05) is 19.3 Å². The molecule has 0 aliphatic rings. The number of halogens is 2. The second-order valence-electron chi connectivity index (χ2n) is 4.56. The summed E-state index contributed by atoms with van der Waals surface area (Å²) in [4.78, 5) is 0. The summed E-state index contributed by atoms with van der Waals surface area (Å²) in [5, 5.41) is 15.6. The molecule has 1 heterocycles. The molecule has 1 aromatic carbocycles. The maximum Gasteiger partial charge on any atom is 0.209 e. The van der Waals surface area contributed by atoms with Crippen molar-refractivity contribution in [3.05, 3.63) is 26.6 Å². The van der Waals surface area contributed by atoms with Gasteiger partial charge in [0.2, 0.25) is 5.16 Å². The molecule has 22 heavy (non-hydrogen) atoms. The Bertz CT molecular complexity index is 599. The second-order valence-corrected chi connectivity index (χ2v) is 7.33. The first-order chi connectivity index (χ1) is 10.6. The van der Waals surface area contributed by atoms with E-state index in [9.17, 15) is 0 Å². The molecule has 0 fully saturated rings. The summed E-state index contributed by atoms with van der Waals surface area (Å²) in [6, 6.07) is 4.13. The predicted octanol–water partition coefficient (Wildman–Crippen LogP) is 3.02. The van der Waals surface area contributed by atoms with Crippen molar-refractivity contribution in [3.8, 4) is 5.75 Å². The van der Waals surface area contributed by atoms with Crippen LogP contribution < -0.4 is 10.1 Å². The van der Waals surface area contributed by atoms with Gasteiger partial charge in [-0.2, -0.15) is 0 Å². The quantitative estimate of drug-likeness (QED) is 0.492. The van der Waals surface area contributed by atoms with Gasteiger partial charge >= 0.3 is 0 Å². The number of methoxy groups -OCH3 is 1. The Balaban J connectivity index is 1.70. The number of thioether (sulfide) groups is 1. The fourth-order valence-electron chi connectivity index (χ4n) is 1.85. The summed E-state index contributed by atoms with van der Waals surface area (Å²) in [5.74, 6) is 1.80. The van der Waals surface area contributed by atoms with Crippen molar-refractivity contribution in [2.75, 3.05) is 19.4 Å². The molecular weight excluding hydrogens is 434 g/mol. The minimum atomic E-state index is 0.817. The van der Waals surface area contributed by atoms with Gasteiger partial charge < -0.3 is 10.1 Å². The van der Waals surface area contributed by atoms with Gasteiger partial charge in [-0.05, 0) is 72.9 Å². The number of nitrogens with zero attached hydrogens (tertiary/aromatic N) is 4. The number of hydrogen-bond donors (Lipinski definition) is 1. The van der Waals surface area contributed by atoms with Crippen LogP contribution in [0.15, 0.2) is 26.2 Å². The minimum Gasteiger partial charge on any atom is -0.494 e. The van der Waals surface area contributed by atoms with E-state index in [1.54, 1.807) is 23.6 Å². The number of rotatable bonds is 8. The van der Waals surface area contributed by atoms with E-state index in [0.29, 0.717) is 0 Å². The largest absolute Gasteiger partial charge is 0.494 e. The fourth-order valence-corrected chi connectivity index (χ4v) is 4.24. The van der Waals surface area contributed by atoms with Gasteiger partial charge in [-0.3, -0.25) is 0 Å². The summed E-state index contributed by atoms with van der Waals surface area (Å²) in [7, 11) is 3.51. The number of hydrogen-bond acceptors (Lipinski definition) is 6. The molecule has 0 saturated carbocycles. The molecule has 120 valence electrons. The lowest BCUT2D eigenvalue weighted by Crippen LogP contribution is -2.15. The molecule has 1 N–H and O–H groups in total. The highest BCUT2D eigenvalue weighted by atomic mass is 79.9. The zero-order valence-electron chi connectivity index (χ0n) is 12.3. The van der Waals surface area contributed by atoms with E-state index in [1.165, 1.54) is 5.56 Å². The number of aromatic nitrogens is 4. The summed E-state index contributed by atoms with van der Waals surface area (Å²) >= 11 is 8.69. The lowest BCUT2D eigenvalue weighted by Gasteiger charge is -2.10. The molecule has 0 saturated heterocycles. The van der Waals surface area contributed by atoms with E-state index in [2.05, 4.69) is 64.8 Å². The van der Waals surface area contributed by atoms with Crippen LogP contribution in [0.3, 0.4) is 0 Å². The van der Waals surface area contributed by atoms with Crippen molar-refractivity contribution in [3.63, 3.8) is 0 Å². The van der Waals surface area contributed by atoms with Crippen molar-refractivity contribution in [1.29, 1.82) is 0 Å². The lowest BCUT2D eigenvalue weighted by atomic mass is 10.2. The van der Waals surface area contributed by atoms with Gasteiger partial charge in [-0.1, -0.05) is 11.8 Å². The number of nitrogens with one attached hydrogen (secondary N) is 1. The SMILES string of the molecule is COc1c(Br)cc(CNCCCSc2nnnn2C)cc1Br. The topological polar surface area (TPSA) is 64.9 Å². The number of aryl methyl sites for hydroxylation is 1. The maximum absolute atomic E-state index is 5.30. The number of ether oxygens (including phenoxy) is 1. The van der Waals surface area contributed by atoms with Crippen LogP contribution in [0.1, 0.15) is 12.0 Å². The second kappa shape index (κ2) is 8.85. The van der Waals surface area contributed by atoms with E-state index in [-0.39, 0.29) is 0 Å². The summed E-state index contributed by atoms with van der Waals surface area (Å²) < 4.78 is 8.88. The third-order valence-electron chi connectivity index (χ3n) is 2.90. The molecule has 6 nitrogen and oxygen atoms in total. The molecule has 9 heteroatoms. The predicted molar refractivity (Wildman–Crippen MR) is 94.2 cm³/mol. The molecule has 0 aliphatic carbocycles. The fraction of sp³-hybridized carbons (Fsp3) is 0.462. The van der Waals surface area contributed by atoms with E-state index in [4.69, 9.17) is 4.74 Å². The molecule has 1 aromatic heterocycles. The molecule has 0 aliphatic heterocycles. The Morgan fingerprint density at radius 3 is 2.64 bits per heavy atom. The van der Waals surface area contributed by atoms with E-state index >= 15 is 0 Å². The Labute approximate surface area is 150 Å². The average Bonchev–Trinajstić information content (AvgIpc) is 2.88. The first-order valence-corrected chi connectivity index (χ1v) is 9.26. The van der Waals surface area contributed by atoms with Gasteiger partial charge in [0.15, 0.2) is 0 Å². The number of benzene rings is 1. The van der Waals surface area contributed by atoms with Gasteiger partial charge in [0.25, 0.3) is 0 Å². The first kappa shape index (κ1) is 17.7. The molecular formula is C13H17Br2N5OS. The Morgan fingerprint density at radius 1 is 1.32 bits per heavy atom. The Hall–Kier alpha value is -0.640. The van der Waals surface area contributed by atoms with E-state index < -0.39 is 0 Å². The van der Waals surface area contributed by atoms with Crippen molar-refractivity contribution in [2.45, 2.75) is 18.1 Å². The highest BCUT2D eigenvalue weighted by molar-refractivity contribution is 9.11. The van der Waals surface area contributed by atoms with Crippen LogP contribution in [0.4, 0.5) is 0 Å². The first-order valence-electron chi connectivity index (χ1n) is 6.69. The van der Waals surface area contributed by atoms with Crippen molar-refractivity contribution in [2.24, 2.45) is 7.05 Å². The van der Waals surface area contributed by atoms with Crippen LogP contribution in [0.2, 0.25) is 0 Å². The van der Waals surface area contributed by atoms with Crippen LogP contribution >= 0.6 is 43.6 Å². The van der Waals surface area contributed by atoms with Gasteiger partial charge in [-0.15, -0.1) is 5.10 Å². The normalized spacial score (nSPS) is 10.9. The van der Waals surface area contributed by atoms with E-state index in [1.807, 2.05) is 7.05 Å². The van der Waals surface area contributed by atoms with Crippen molar-refractivity contribution < 1.29 is 4.74 Å². The molecule has 0 unspecified atom stereocenters. The third kappa shape index (κ3) is 4.94. The molecule has 2 rings (SSSR count). The monoisotopic (exact) mass is 449 g/mol. The van der Waals surface area contributed by atoms with Gasteiger partial charge in [0.1, 0.15) is 5.75 Å². The highest BCUT2D eigenvalue weighted by Crippen LogP contribution is 2.34. The van der Waals surface area contributed by atoms with Gasteiger partial charge in [-0.25, -0.2) is 4.68 Å². The summed E-state index contributed by atoms with van der Waals surface area (Å²) in [6.45, 7) is 1.76. The zero-order valence-corrected chi connectivity index (χ0v) is 16.3. The molecule has 0 atom stereocenters. The highest BCUT2D eigenvalue weighted by Gasteiger charge is 2.07. The van der Waals surface area contributed by atoms with E-state index in [0.717, 1.165) is 45.1 Å². The zero-order chi connectivity index (χ0) is 15.9. The molecule has 0 bridgehead atoms. The summed E-state index contributed by atoms with van der Waals surface area (Å²) in [5.41, 5.74) is 1.20. The number of tetrazole rings is 1. The van der Waals surface area contributed by atoms with Crippen LogP contribution in [0.5, 0.6) is 5.75 Å². The van der Waals surface area contributed by atoms with Crippen LogP contribution in [-0.2, 0) is 13.6 Å². The average molecular weight is 451 g/mol. The molecule has 0 radical (unpaired) electrons. The summed E-state index contributed by atoms with van der Waals surface area (Å²) in [6.07, 6.45) is 1.05. The maximum atomic E-state index is 5.30. The van der Waals surface area contributed by atoms with Crippen LogP contribution in [-0.4, -0.2) is 39.6 Å². The van der Waals surface area contributed by atoms with Crippen LogP contribution in [0.25, 0.3) is 0 Å². The Kier molecular flexibility index (Phi) is 7.13. The molecule has 2 aromatic rings. The minimum absolute atomic E-state index is 0.817. The molecule has 0 amide bonds. The van der Waals surface area contributed by atoms with Gasteiger partial charge in [0.05, 0.1) is 16.1 Å². The van der Waals surface area contributed by atoms with Crippen molar-refractivity contribution >= 4 is 43.6 Å². The van der Waals surface area contributed by atoms with Crippen molar-refractivity contribution in [1.82, 2.24) is 25.5 Å². The third-order valence-corrected chi connectivity index (χ3v) is 5.18. The van der Waals surface area contributed by atoms with Crippen LogP contribution in [0, 0.1) is 0 Å². The smallest absolute Gasteiger partial charge is 0.209 e. The standard InChI is InChI=1S/C13H17Br2N5OS/c1-20-13(17-18-19-20)22-5-3-4-16-8-9-6-10(14)12(21-2)11(15)7-9/h6-7,16H,3-5,8H2,1-2H3. The Morgan fingerprint density at radius 2 is 2.05 bits per heavy atom. The lowest BCUT2D eigenvalue weighted by molar-refractivity contribution is 0.409. The molecule has 0 spiro atoms.